The van der Waals surface area contributed by atoms with Crippen LogP contribution >= 0.6 is 15.9 Å². The van der Waals surface area contributed by atoms with E-state index < -0.39 is 41.4 Å². The number of alkyl halides is 3. The lowest BCUT2D eigenvalue weighted by Crippen LogP contribution is -2.49. The Hall–Kier alpha value is -2.67. The summed E-state index contributed by atoms with van der Waals surface area (Å²) in [6, 6.07) is 6.86. The van der Waals surface area contributed by atoms with Crippen LogP contribution < -0.4 is 10.1 Å². The van der Waals surface area contributed by atoms with Gasteiger partial charge in [-0.2, -0.15) is 18.4 Å². The van der Waals surface area contributed by atoms with Crippen LogP contribution in [0.5, 0.6) is 5.75 Å². The number of benzene rings is 2. The molecule has 2 aromatic rings. The van der Waals surface area contributed by atoms with Crippen molar-refractivity contribution < 1.29 is 31.5 Å². The molecule has 0 heterocycles. The Kier molecular flexibility index (Phi) is 6.29. The van der Waals surface area contributed by atoms with E-state index in [9.17, 15) is 32.0 Å². The number of halogens is 6. The SMILES string of the molecule is CC(C#N)(COc1cc(F)c(F)cc1Br)NC(=O)c1ccc(C(F)(F)F)cc1. The molecular formula is C18H12BrF5N2O2. The highest BCUT2D eigenvalue weighted by Crippen LogP contribution is 2.30. The van der Waals surface area contributed by atoms with E-state index >= 15 is 0 Å². The van der Waals surface area contributed by atoms with Gasteiger partial charge in [0, 0.05) is 11.6 Å². The summed E-state index contributed by atoms with van der Waals surface area (Å²) in [4.78, 5) is 12.2. The molecule has 0 aliphatic rings. The molecule has 0 radical (unpaired) electrons. The number of carbonyl (C=O) groups excluding carboxylic acids is 1. The molecule has 0 aliphatic carbocycles. The molecule has 0 saturated heterocycles. The van der Waals surface area contributed by atoms with Gasteiger partial charge >= 0.3 is 6.18 Å². The maximum absolute atomic E-state index is 13.3. The molecule has 28 heavy (non-hydrogen) atoms. The van der Waals surface area contributed by atoms with Crippen LogP contribution in [0, 0.1) is 23.0 Å². The highest BCUT2D eigenvalue weighted by Gasteiger charge is 2.31. The Morgan fingerprint density at radius 1 is 1.18 bits per heavy atom. The van der Waals surface area contributed by atoms with Crippen LogP contribution in [0.15, 0.2) is 40.9 Å². The molecule has 4 nitrogen and oxygen atoms in total. The third-order valence-corrected chi connectivity index (χ3v) is 4.22. The van der Waals surface area contributed by atoms with Crippen molar-refractivity contribution in [3.8, 4) is 11.8 Å². The van der Waals surface area contributed by atoms with Crippen molar-refractivity contribution in [3.05, 3.63) is 63.6 Å². The summed E-state index contributed by atoms with van der Waals surface area (Å²) in [5.74, 6) is -3.15. The lowest BCUT2D eigenvalue weighted by molar-refractivity contribution is -0.137. The maximum atomic E-state index is 13.3. The van der Waals surface area contributed by atoms with Crippen molar-refractivity contribution in [1.82, 2.24) is 5.32 Å². The number of ether oxygens (including phenoxy) is 1. The Bertz CT molecular complexity index is 925. The molecule has 0 aromatic heterocycles. The summed E-state index contributed by atoms with van der Waals surface area (Å²) in [7, 11) is 0. The first-order valence-corrected chi connectivity index (χ1v) is 8.43. The standard InChI is InChI=1S/C18H12BrF5N2O2/c1-17(8-25,9-28-15-7-14(21)13(20)6-12(15)19)26-16(27)10-2-4-11(5-3-10)18(22,23)24/h2-7H,9H2,1H3,(H,26,27). The summed E-state index contributed by atoms with van der Waals surface area (Å²) >= 11 is 2.99. The average molecular weight is 463 g/mol. The van der Waals surface area contributed by atoms with Crippen molar-refractivity contribution in [3.63, 3.8) is 0 Å². The smallest absolute Gasteiger partial charge is 0.416 e. The van der Waals surface area contributed by atoms with Crippen LogP contribution in [-0.2, 0) is 6.18 Å². The van der Waals surface area contributed by atoms with Crippen LogP contribution in [0.4, 0.5) is 22.0 Å². The van der Waals surface area contributed by atoms with Gasteiger partial charge in [0.2, 0.25) is 0 Å². The minimum atomic E-state index is -4.54. The van der Waals surface area contributed by atoms with Crippen molar-refractivity contribution in [2.75, 3.05) is 6.61 Å². The first-order valence-electron chi connectivity index (χ1n) is 7.63. The van der Waals surface area contributed by atoms with Gasteiger partial charge in [-0.05, 0) is 53.2 Å². The Morgan fingerprint density at radius 2 is 1.75 bits per heavy atom. The summed E-state index contributed by atoms with van der Waals surface area (Å²) in [5.41, 5.74) is -2.61. The second kappa shape index (κ2) is 8.14. The molecule has 1 amide bonds. The Labute approximate surface area is 165 Å². The van der Waals surface area contributed by atoms with E-state index in [0.717, 1.165) is 36.4 Å². The molecule has 2 rings (SSSR count). The van der Waals surface area contributed by atoms with Crippen molar-refractivity contribution >= 4 is 21.8 Å². The number of amides is 1. The summed E-state index contributed by atoms with van der Waals surface area (Å²) < 4.78 is 69.6. The van der Waals surface area contributed by atoms with Gasteiger partial charge in [-0.3, -0.25) is 4.79 Å². The zero-order valence-corrected chi connectivity index (χ0v) is 15.8. The van der Waals surface area contributed by atoms with E-state index in [1.54, 1.807) is 0 Å². The van der Waals surface area contributed by atoms with E-state index in [1.807, 2.05) is 6.07 Å². The van der Waals surface area contributed by atoms with E-state index in [1.165, 1.54) is 6.92 Å². The topological polar surface area (TPSA) is 62.1 Å². The van der Waals surface area contributed by atoms with Crippen molar-refractivity contribution in [2.45, 2.75) is 18.6 Å². The number of hydrogen-bond donors (Lipinski definition) is 1. The fourth-order valence-electron chi connectivity index (χ4n) is 2.07. The predicted molar refractivity (Wildman–Crippen MR) is 92.5 cm³/mol. The van der Waals surface area contributed by atoms with Crippen LogP contribution in [0.2, 0.25) is 0 Å². The van der Waals surface area contributed by atoms with E-state index in [2.05, 4.69) is 21.2 Å². The number of nitrogens with one attached hydrogen (secondary N) is 1. The lowest BCUT2D eigenvalue weighted by atomic mass is 10.0. The summed E-state index contributed by atoms with van der Waals surface area (Å²) in [5, 5.41) is 11.7. The van der Waals surface area contributed by atoms with Gasteiger partial charge in [0.1, 0.15) is 12.4 Å². The van der Waals surface area contributed by atoms with Gasteiger partial charge in [0.05, 0.1) is 16.1 Å². The highest BCUT2D eigenvalue weighted by molar-refractivity contribution is 9.10. The number of rotatable bonds is 5. The fourth-order valence-corrected chi connectivity index (χ4v) is 2.50. The molecule has 0 fully saturated rings. The molecule has 148 valence electrons. The first-order chi connectivity index (χ1) is 12.9. The lowest BCUT2D eigenvalue weighted by Gasteiger charge is -2.24. The van der Waals surface area contributed by atoms with Crippen LogP contribution in [0.1, 0.15) is 22.8 Å². The highest BCUT2D eigenvalue weighted by atomic mass is 79.9. The normalized spacial score (nSPS) is 13.4. The Balaban J connectivity index is 2.10. The van der Waals surface area contributed by atoms with Crippen LogP contribution in [0.3, 0.4) is 0 Å². The van der Waals surface area contributed by atoms with Gasteiger partial charge in [-0.15, -0.1) is 0 Å². The monoisotopic (exact) mass is 462 g/mol. The number of hydrogen-bond acceptors (Lipinski definition) is 3. The number of carbonyl (C=O) groups is 1. The third-order valence-electron chi connectivity index (χ3n) is 3.60. The van der Waals surface area contributed by atoms with Crippen LogP contribution in [0.25, 0.3) is 0 Å². The fraction of sp³-hybridized carbons (Fsp3) is 0.222. The molecule has 10 heteroatoms. The molecule has 0 spiro atoms. The van der Waals surface area contributed by atoms with E-state index in [-0.39, 0.29) is 15.8 Å². The average Bonchev–Trinajstić information content (AvgIpc) is 2.63. The van der Waals surface area contributed by atoms with Gasteiger partial charge in [-0.1, -0.05) is 0 Å². The molecule has 0 saturated carbocycles. The second-order valence-corrected chi connectivity index (χ2v) is 6.81. The van der Waals surface area contributed by atoms with E-state index in [4.69, 9.17) is 4.74 Å². The molecule has 0 bridgehead atoms. The maximum Gasteiger partial charge on any atom is 0.416 e. The third kappa shape index (κ3) is 5.19. The molecule has 1 unspecified atom stereocenters. The minimum absolute atomic E-state index is 0.0934. The zero-order valence-electron chi connectivity index (χ0n) is 14.2. The molecule has 1 N–H and O–H groups in total. The van der Waals surface area contributed by atoms with Crippen molar-refractivity contribution in [1.29, 1.82) is 5.26 Å². The molecular weight excluding hydrogens is 451 g/mol. The van der Waals surface area contributed by atoms with Crippen molar-refractivity contribution in [2.24, 2.45) is 0 Å². The second-order valence-electron chi connectivity index (χ2n) is 5.96. The Morgan fingerprint density at radius 3 is 2.29 bits per heavy atom. The molecule has 0 aliphatic heterocycles. The van der Waals surface area contributed by atoms with Gasteiger partial charge < -0.3 is 10.1 Å². The van der Waals surface area contributed by atoms with Crippen LogP contribution in [-0.4, -0.2) is 18.1 Å². The predicted octanol–water partition coefficient (Wildman–Crippen LogP) is 4.84. The molecule has 2 aromatic carbocycles. The largest absolute Gasteiger partial charge is 0.489 e. The first kappa shape index (κ1) is 21.6. The summed E-state index contributed by atoms with van der Waals surface area (Å²) in [6.45, 7) is 0.877. The molecule has 1 atom stereocenters. The van der Waals surface area contributed by atoms with Gasteiger partial charge in [0.15, 0.2) is 17.2 Å². The zero-order chi connectivity index (χ0) is 21.1. The minimum Gasteiger partial charge on any atom is -0.489 e. The summed E-state index contributed by atoms with van der Waals surface area (Å²) in [6.07, 6.45) is -4.54. The number of nitrogens with zero attached hydrogens (tertiary/aromatic N) is 1. The van der Waals surface area contributed by atoms with E-state index in [0.29, 0.717) is 0 Å². The number of nitriles is 1. The van der Waals surface area contributed by atoms with Gasteiger partial charge in [-0.25, -0.2) is 8.78 Å². The van der Waals surface area contributed by atoms with Gasteiger partial charge in [0.25, 0.3) is 5.91 Å². The quantitative estimate of drug-likeness (QED) is 0.510.